The number of amides is 1. The molecule has 1 heterocycles. The normalized spacial score (nSPS) is 11.6. The Morgan fingerprint density at radius 2 is 1.72 bits per heavy atom. The number of ether oxygens (including phenoxy) is 2. The maximum atomic E-state index is 13.1. The molecule has 0 saturated heterocycles. The molecular weight excluding hydrogens is 394 g/mol. The highest BCUT2D eigenvalue weighted by atomic mass is 32.2. The van der Waals surface area contributed by atoms with Gasteiger partial charge in [0.2, 0.25) is 0 Å². The van der Waals surface area contributed by atoms with Gasteiger partial charge in [-0.1, -0.05) is 36.4 Å². The summed E-state index contributed by atoms with van der Waals surface area (Å²) in [5.74, 6) is 0. The lowest BCUT2D eigenvalue weighted by Gasteiger charge is -2.07. The quantitative estimate of drug-likeness (QED) is 0.489. The van der Waals surface area contributed by atoms with Crippen LogP contribution in [0.3, 0.4) is 0 Å². The van der Waals surface area contributed by atoms with Crippen LogP contribution in [-0.4, -0.2) is 44.8 Å². The second-order valence-corrected chi connectivity index (χ2v) is 8.06. The van der Waals surface area contributed by atoms with Gasteiger partial charge >= 0.3 is 6.09 Å². The number of fused-ring (bicyclic) bond motifs is 1. The number of nitrogens with zero attached hydrogens (tertiary/aromatic N) is 1. The number of carbonyl (C=O) groups is 1. The number of nitrogens with two attached hydrogens (primary N) is 1. The highest BCUT2D eigenvalue weighted by molar-refractivity contribution is 7.90. The van der Waals surface area contributed by atoms with Crippen LogP contribution in [0, 0.1) is 0 Å². The predicted octanol–water partition coefficient (Wildman–Crippen LogP) is 2.08. The summed E-state index contributed by atoms with van der Waals surface area (Å²) in [5.41, 5.74) is 6.37. The van der Waals surface area contributed by atoms with E-state index in [0.29, 0.717) is 25.2 Å². The molecule has 0 aliphatic rings. The first-order valence-electron chi connectivity index (χ1n) is 9.10. The zero-order valence-corrected chi connectivity index (χ0v) is 16.6. The first-order chi connectivity index (χ1) is 14.0. The van der Waals surface area contributed by atoms with Crippen LogP contribution >= 0.6 is 0 Å². The number of nitrogens with one attached hydrogen (secondary N) is 1. The molecule has 0 aliphatic heterocycles. The Balaban J connectivity index is 1.67. The van der Waals surface area contributed by atoms with Gasteiger partial charge in [-0.3, -0.25) is 0 Å². The van der Waals surface area contributed by atoms with Gasteiger partial charge in [-0.05, 0) is 23.8 Å². The van der Waals surface area contributed by atoms with Crippen molar-refractivity contribution in [3.05, 3.63) is 66.4 Å². The molecule has 2 aromatic carbocycles. The minimum atomic E-state index is -3.68. The van der Waals surface area contributed by atoms with Crippen LogP contribution in [0.15, 0.2) is 65.7 Å². The molecule has 3 rings (SSSR count). The fourth-order valence-corrected chi connectivity index (χ4v) is 4.35. The molecule has 1 aromatic heterocycles. The van der Waals surface area contributed by atoms with Crippen molar-refractivity contribution in [2.24, 2.45) is 5.73 Å². The van der Waals surface area contributed by atoms with Crippen LogP contribution < -0.4 is 11.1 Å². The van der Waals surface area contributed by atoms with E-state index >= 15 is 0 Å². The van der Waals surface area contributed by atoms with Gasteiger partial charge in [0.1, 0.15) is 6.61 Å². The number of hydrogen-bond acceptors (Lipinski definition) is 6. The standard InChI is InChI=1S/C20H23N3O5S/c21-20(24)28-13-12-27-11-10-22-14-16-15-23(19-9-5-4-8-18(16)19)29(25,26)17-6-2-1-3-7-17/h1-9,15,22H,10-14H2,(H2,21,24). The maximum Gasteiger partial charge on any atom is 0.404 e. The van der Waals surface area contributed by atoms with Crippen LogP contribution in [0.2, 0.25) is 0 Å². The lowest BCUT2D eigenvalue weighted by Crippen LogP contribution is -2.21. The minimum Gasteiger partial charge on any atom is -0.447 e. The molecule has 3 N–H and O–H groups in total. The van der Waals surface area contributed by atoms with Crippen molar-refractivity contribution < 1.29 is 22.7 Å². The largest absolute Gasteiger partial charge is 0.447 e. The highest BCUT2D eigenvalue weighted by Gasteiger charge is 2.20. The Morgan fingerprint density at radius 3 is 2.48 bits per heavy atom. The van der Waals surface area contributed by atoms with Crippen LogP contribution in [0.4, 0.5) is 4.79 Å². The minimum absolute atomic E-state index is 0.111. The van der Waals surface area contributed by atoms with E-state index in [1.165, 1.54) is 3.97 Å². The van der Waals surface area contributed by atoms with Crippen LogP contribution in [0.25, 0.3) is 10.9 Å². The molecule has 0 atom stereocenters. The Morgan fingerprint density at radius 1 is 1.00 bits per heavy atom. The number of benzene rings is 2. The molecule has 0 aliphatic carbocycles. The van der Waals surface area contributed by atoms with Crippen molar-refractivity contribution in [2.45, 2.75) is 11.4 Å². The second kappa shape index (κ2) is 9.55. The summed E-state index contributed by atoms with van der Waals surface area (Å²) in [6.07, 6.45) is 0.829. The van der Waals surface area contributed by atoms with Gasteiger partial charge in [-0.15, -0.1) is 0 Å². The Bertz CT molecular complexity index is 1060. The number of primary amides is 1. The molecule has 0 bridgehead atoms. The molecule has 0 unspecified atom stereocenters. The van der Waals surface area contributed by atoms with E-state index in [1.54, 1.807) is 42.6 Å². The van der Waals surface area contributed by atoms with Crippen molar-refractivity contribution >= 4 is 27.0 Å². The van der Waals surface area contributed by atoms with Crippen molar-refractivity contribution in [3.63, 3.8) is 0 Å². The van der Waals surface area contributed by atoms with Gasteiger partial charge in [-0.2, -0.15) is 0 Å². The molecule has 154 valence electrons. The summed E-state index contributed by atoms with van der Waals surface area (Å²) in [6.45, 7) is 1.84. The molecule has 1 amide bonds. The molecule has 0 saturated carbocycles. The molecule has 9 heteroatoms. The second-order valence-electron chi connectivity index (χ2n) is 6.24. The molecule has 0 spiro atoms. The van der Waals surface area contributed by atoms with E-state index in [4.69, 9.17) is 10.5 Å². The van der Waals surface area contributed by atoms with Gasteiger partial charge in [0, 0.05) is 24.7 Å². The van der Waals surface area contributed by atoms with Gasteiger partial charge in [0.05, 0.1) is 23.6 Å². The van der Waals surface area contributed by atoms with E-state index in [9.17, 15) is 13.2 Å². The topological polar surface area (TPSA) is 113 Å². The number of para-hydroxylation sites is 1. The van der Waals surface area contributed by atoms with E-state index in [0.717, 1.165) is 10.9 Å². The first kappa shape index (κ1) is 20.8. The summed E-state index contributed by atoms with van der Waals surface area (Å²) >= 11 is 0. The van der Waals surface area contributed by atoms with Crippen molar-refractivity contribution in [1.29, 1.82) is 0 Å². The SMILES string of the molecule is NC(=O)OCCOCCNCc1cn(S(=O)(=O)c2ccccc2)c2ccccc12. The van der Waals surface area contributed by atoms with Crippen LogP contribution in [0.5, 0.6) is 0 Å². The number of carbonyl (C=O) groups excluding carboxylic acids is 1. The Labute approximate surface area is 169 Å². The lowest BCUT2D eigenvalue weighted by atomic mass is 10.2. The molecule has 3 aromatic rings. The third-order valence-electron chi connectivity index (χ3n) is 4.27. The zero-order chi connectivity index (χ0) is 20.7. The number of hydrogen-bond donors (Lipinski definition) is 2. The zero-order valence-electron chi connectivity index (χ0n) is 15.8. The predicted molar refractivity (Wildman–Crippen MR) is 109 cm³/mol. The van der Waals surface area contributed by atoms with E-state index in [2.05, 4.69) is 10.1 Å². The molecule has 0 fully saturated rings. The van der Waals surface area contributed by atoms with Gasteiger partial charge in [0.25, 0.3) is 10.0 Å². The molecule has 8 nitrogen and oxygen atoms in total. The van der Waals surface area contributed by atoms with Gasteiger partial charge in [-0.25, -0.2) is 17.2 Å². The van der Waals surface area contributed by atoms with Crippen molar-refractivity contribution in [1.82, 2.24) is 9.29 Å². The van der Waals surface area contributed by atoms with Gasteiger partial charge in [0.15, 0.2) is 0 Å². The smallest absolute Gasteiger partial charge is 0.404 e. The summed E-state index contributed by atoms with van der Waals surface area (Å²) in [7, 11) is -3.68. The Kier molecular flexibility index (Phi) is 6.86. The van der Waals surface area contributed by atoms with E-state index < -0.39 is 16.1 Å². The Hall–Kier alpha value is -2.88. The van der Waals surface area contributed by atoms with Crippen molar-refractivity contribution in [2.75, 3.05) is 26.4 Å². The maximum absolute atomic E-state index is 13.1. The molecule has 0 radical (unpaired) electrons. The summed E-state index contributed by atoms with van der Waals surface area (Å²) < 4.78 is 37.4. The average molecular weight is 417 g/mol. The fraction of sp³-hybridized carbons (Fsp3) is 0.250. The van der Waals surface area contributed by atoms with Crippen LogP contribution in [0.1, 0.15) is 5.56 Å². The third kappa shape index (κ3) is 5.14. The van der Waals surface area contributed by atoms with E-state index in [1.807, 2.05) is 18.2 Å². The third-order valence-corrected chi connectivity index (χ3v) is 5.96. The first-order valence-corrected chi connectivity index (χ1v) is 10.5. The monoisotopic (exact) mass is 417 g/mol. The van der Waals surface area contributed by atoms with Gasteiger partial charge < -0.3 is 20.5 Å². The number of aromatic nitrogens is 1. The average Bonchev–Trinajstić information content (AvgIpc) is 3.10. The highest BCUT2D eigenvalue weighted by Crippen LogP contribution is 2.25. The number of rotatable bonds is 10. The fourth-order valence-electron chi connectivity index (χ4n) is 2.93. The van der Waals surface area contributed by atoms with E-state index in [-0.39, 0.29) is 18.1 Å². The molecular formula is C20H23N3O5S. The van der Waals surface area contributed by atoms with Crippen molar-refractivity contribution in [3.8, 4) is 0 Å². The van der Waals surface area contributed by atoms with Crippen LogP contribution in [-0.2, 0) is 26.0 Å². The summed E-state index contributed by atoms with van der Waals surface area (Å²) in [5, 5.41) is 4.10. The lowest BCUT2D eigenvalue weighted by molar-refractivity contribution is 0.0777. The summed E-state index contributed by atoms with van der Waals surface area (Å²) in [6, 6.07) is 15.8. The summed E-state index contributed by atoms with van der Waals surface area (Å²) in [4.78, 5) is 10.7. The molecule has 29 heavy (non-hydrogen) atoms.